The molecule has 0 aliphatic carbocycles. The maximum absolute atomic E-state index is 12.6. The van der Waals surface area contributed by atoms with Crippen molar-refractivity contribution >= 4 is 29.0 Å². The number of aromatic nitrogens is 3. The predicted octanol–water partition coefficient (Wildman–Crippen LogP) is 4.97. The summed E-state index contributed by atoms with van der Waals surface area (Å²) in [5.74, 6) is 0.917. The smallest absolute Gasteiger partial charge is 0.280 e. The van der Waals surface area contributed by atoms with Gasteiger partial charge in [0.25, 0.3) is 5.69 Å². The fourth-order valence-corrected chi connectivity index (χ4v) is 4.05. The molecule has 0 radical (unpaired) electrons. The first-order chi connectivity index (χ1) is 16.6. The summed E-state index contributed by atoms with van der Waals surface area (Å²) in [5.41, 5.74) is 1.65. The van der Waals surface area contributed by atoms with Crippen LogP contribution in [0.4, 0.5) is 11.4 Å². The summed E-state index contributed by atoms with van der Waals surface area (Å²) in [6, 6.07) is 22.8. The van der Waals surface area contributed by atoms with Crippen LogP contribution in [0.15, 0.2) is 84.0 Å². The molecule has 1 N–H and O–H groups in total. The summed E-state index contributed by atoms with van der Waals surface area (Å²) >= 11 is 1.19. The van der Waals surface area contributed by atoms with Gasteiger partial charge in [0.1, 0.15) is 5.75 Å². The molecule has 3 aromatic carbocycles. The number of nitrogens with one attached hydrogen (secondary N) is 1. The second kappa shape index (κ2) is 10.6. The van der Waals surface area contributed by atoms with Crippen molar-refractivity contribution in [3.8, 4) is 22.8 Å². The molecule has 1 heterocycles. The van der Waals surface area contributed by atoms with Crippen molar-refractivity contribution in [3.63, 3.8) is 0 Å². The second-order valence-corrected chi connectivity index (χ2v) is 7.99. The molecule has 0 saturated carbocycles. The molecule has 0 aliphatic rings. The van der Waals surface area contributed by atoms with Crippen LogP contribution >= 0.6 is 11.8 Å². The van der Waals surface area contributed by atoms with Crippen LogP contribution in [0.5, 0.6) is 5.75 Å². The lowest BCUT2D eigenvalue weighted by Gasteiger charge is -2.11. The van der Waals surface area contributed by atoms with E-state index in [0.717, 1.165) is 11.4 Å². The quantitative estimate of drug-likeness (QED) is 0.207. The van der Waals surface area contributed by atoms with Crippen molar-refractivity contribution in [1.82, 2.24) is 14.8 Å². The van der Waals surface area contributed by atoms with E-state index in [0.29, 0.717) is 28.8 Å². The van der Waals surface area contributed by atoms with E-state index in [4.69, 9.17) is 4.74 Å². The summed E-state index contributed by atoms with van der Waals surface area (Å²) in [4.78, 5) is 23.7. The molecule has 34 heavy (non-hydrogen) atoms. The van der Waals surface area contributed by atoms with Crippen molar-refractivity contribution in [1.29, 1.82) is 0 Å². The Bertz CT molecular complexity index is 1290. The lowest BCUT2D eigenvalue weighted by atomic mass is 10.1. The molecule has 0 saturated heterocycles. The first-order valence-corrected chi connectivity index (χ1v) is 11.5. The number of benzene rings is 3. The van der Waals surface area contributed by atoms with Gasteiger partial charge >= 0.3 is 0 Å². The first-order valence-electron chi connectivity index (χ1n) is 10.5. The van der Waals surface area contributed by atoms with Gasteiger partial charge in [-0.25, -0.2) is 0 Å². The molecular formula is C24H21N5O4S. The van der Waals surface area contributed by atoms with E-state index >= 15 is 0 Å². The standard InChI is InChI=1S/C24H21N5O4S/c1-2-33-19-14-12-17(13-15-19)25-22(30)16-34-24-27-26-23(28(24)18-8-4-3-5-9-18)20-10-6-7-11-21(20)29(31)32/h3-15H,2,16H2,1H3,(H,25,30). The Balaban J connectivity index is 1.58. The van der Waals surface area contributed by atoms with Crippen LogP contribution < -0.4 is 10.1 Å². The third-order valence-corrected chi connectivity index (χ3v) is 5.70. The number of thioether (sulfide) groups is 1. The summed E-state index contributed by atoms with van der Waals surface area (Å²) in [7, 11) is 0. The summed E-state index contributed by atoms with van der Waals surface area (Å²) in [5, 5.41) is 23.3. The van der Waals surface area contributed by atoms with Crippen LogP contribution in [0.1, 0.15) is 6.92 Å². The number of hydrogen-bond donors (Lipinski definition) is 1. The average Bonchev–Trinajstić information content (AvgIpc) is 3.28. The van der Waals surface area contributed by atoms with E-state index in [9.17, 15) is 14.9 Å². The second-order valence-electron chi connectivity index (χ2n) is 7.05. The lowest BCUT2D eigenvalue weighted by Crippen LogP contribution is -2.14. The largest absolute Gasteiger partial charge is 0.494 e. The Morgan fingerprint density at radius 2 is 1.74 bits per heavy atom. The van der Waals surface area contributed by atoms with Crippen LogP contribution in [-0.2, 0) is 4.79 Å². The van der Waals surface area contributed by atoms with Crippen LogP contribution in [-0.4, -0.2) is 38.0 Å². The number of ether oxygens (including phenoxy) is 1. The highest BCUT2D eigenvalue weighted by molar-refractivity contribution is 7.99. The number of carbonyl (C=O) groups excluding carboxylic acids is 1. The van der Waals surface area contributed by atoms with E-state index < -0.39 is 4.92 Å². The third kappa shape index (κ3) is 5.24. The molecule has 0 fully saturated rings. The maximum atomic E-state index is 12.6. The minimum atomic E-state index is -0.448. The summed E-state index contributed by atoms with van der Waals surface area (Å²) in [6.45, 7) is 2.47. The van der Waals surface area contributed by atoms with Crippen molar-refractivity contribution < 1.29 is 14.5 Å². The number of nitro benzene ring substituents is 1. The Kier molecular flexibility index (Phi) is 7.19. The monoisotopic (exact) mass is 475 g/mol. The first kappa shape index (κ1) is 23.0. The van der Waals surface area contributed by atoms with Crippen molar-refractivity contribution in [2.45, 2.75) is 12.1 Å². The highest BCUT2D eigenvalue weighted by Gasteiger charge is 2.23. The summed E-state index contributed by atoms with van der Waals surface area (Å²) in [6.07, 6.45) is 0. The highest BCUT2D eigenvalue weighted by Crippen LogP contribution is 2.33. The van der Waals surface area contributed by atoms with Crippen molar-refractivity contribution in [2.24, 2.45) is 0 Å². The Morgan fingerprint density at radius 1 is 1.03 bits per heavy atom. The van der Waals surface area contributed by atoms with E-state index in [1.807, 2.05) is 37.3 Å². The number of amides is 1. The van der Waals surface area contributed by atoms with E-state index in [2.05, 4.69) is 15.5 Å². The molecule has 1 aromatic heterocycles. The van der Waals surface area contributed by atoms with Gasteiger partial charge in [-0.05, 0) is 49.4 Å². The maximum Gasteiger partial charge on any atom is 0.280 e. The zero-order valence-electron chi connectivity index (χ0n) is 18.2. The number of hydrogen-bond acceptors (Lipinski definition) is 7. The van der Waals surface area contributed by atoms with Gasteiger partial charge in [0.15, 0.2) is 11.0 Å². The number of nitrogens with zero attached hydrogens (tertiary/aromatic N) is 4. The Morgan fingerprint density at radius 3 is 2.44 bits per heavy atom. The molecule has 9 nitrogen and oxygen atoms in total. The number of nitro groups is 1. The number of anilines is 1. The third-order valence-electron chi connectivity index (χ3n) is 4.77. The molecule has 172 valence electrons. The van der Waals surface area contributed by atoms with Crippen LogP contribution in [0.2, 0.25) is 0 Å². The lowest BCUT2D eigenvalue weighted by molar-refractivity contribution is -0.384. The SMILES string of the molecule is CCOc1ccc(NC(=O)CSc2nnc(-c3ccccc3[N+](=O)[O-])n2-c2ccccc2)cc1. The Labute approximate surface area is 199 Å². The normalized spacial score (nSPS) is 10.6. The van der Waals surface area contributed by atoms with Crippen LogP contribution in [0.3, 0.4) is 0 Å². The van der Waals surface area contributed by atoms with Crippen LogP contribution in [0.25, 0.3) is 17.1 Å². The van der Waals surface area contributed by atoms with Crippen molar-refractivity contribution in [2.75, 3.05) is 17.7 Å². The number of carbonyl (C=O) groups is 1. The van der Waals surface area contributed by atoms with Gasteiger partial charge in [-0.1, -0.05) is 42.1 Å². The minimum absolute atomic E-state index is 0.0723. The van der Waals surface area contributed by atoms with E-state index in [1.54, 1.807) is 47.0 Å². The molecule has 4 rings (SSSR count). The fourth-order valence-electron chi connectivity index (χ4n) is 3.30. The number of para-hydroxylation sites is 2. The van der Waals surface area contributed by atoms with Gasteiger partial charge in [0, 0.05) is 17.4 Å². The zero-order chi connectivity index (χ0) is 23.9. The van der Waals surface area contributed by atoms with Crippen molar-refractivity contribution in [3.05, 3.63) is 89.0 Å². The van der Waals surface area contributed by atoms with Crippen LogP contribution in [0, 0.1) is 10.1 Å². The molecule has 10 heteroatoms. The molecule has 0 spiro atoms. The van der Waals surface area contributed by atoms with E-state index in [-0.39, 0.29) is 17.3 Å². The molecule has 0 aliphatic heterocycles. The zero-order valence-corrected chi connectivity index (χ0v) is 19.1. The van der Waals surface area contributed by atoms with Gasteiger partial charge < -0.3 is 10.1 Å². The molecule has 0 atom stereocenters. The predicted molar refractivity (Wildman–Crippen MR) is 130 cm³/mol. The van der Waals surface area contributed by atoms with Gasteiger partial charge in [-0.2, -0.15) is 0 Å². The Hall–Kier alpha value is -4.18. The van der Waals surface area contributed by atoms with Gasteiger partial charge in [-0.3, -0.25) is 19.5 Å². The molecule has 1 amide bonds. The summed E-state index contributed by atoms with van der Waals surface area (Å²) < 4.78 is 7.13. The highest BCUT2D eigenvalue weighted by atomic mass is 32.2. The number of rotatable bonds is 9. The van der Waals surface area contributed by atoms with Gasteiger partial charge in [0.05, 0.1) is 22.8 Å². The molecule has 4 aromatic rings. The van der Waals surface area contributed by atoms with Gasteiger partial charge in [0.2, 0.25) is 5.91 Å². The van der Waals surface area contributed by atoms with Gasteiger partial charge in [-0.15, -0.1) is 10.2 Å². The molecule has 0 bridgehead atoms. The molecule has 0 unspecified atom stereocenters. The molecular weight excluding hydrogens is 454 g/mol. The minimum Gasteiger partial charge on any atom is -0.494 e. The van der Waals surface area contributed by atoms with E-state index in [1.165, 1.54) is 17.8 Å². The average molecular weight is 476 g/mol. The fraction of sp³-hybridized carbons (Fsp3) is 0.125. The topological polar surface area (TPSA) is 112 Å².